The van der Waals surface area contributed by atoms with Crippen molar-refractivity contribution in [2.45, 2.75) is 31.1 Å². The molecule has 0 spiro atoms. The van der Waals surface area contributed by atoms with E-state index in [4.69, 9.17) is 0 Å². The Bertz CT molecular complexity index is 781. The van der Waals surface area contributed by atoms with E-state index in [1.165, 1.54) is 17.0 Å². The normalized spacial score (nSPS) is 23.9. The lowest BCUT2D eigenvalue weighted by atomic mass is 9.95. The Morgan fingerprint density at radius 3 is 2.32 bits per heavy atom. The summed E-state index contributed by atoms with van der Waals surface area (Å²) in [6.45, 7) is 0.375. The minimum Gasteiger partial charge on any atom is -0.330 e. The molecule has 1 saturated carbocycles. The van der Waals surface area contributed by atoms with Crippen molar-refractivity contribution in [3.8, 4) is 0 Å². The van der Waals surface area contributed by atoms with Crippen molar-refractivity contribution in [1.29, 1.82) is 0 Å². The molecule has 0 unspecified atom stereocenters. The van der Waals surface area contributed by atoms with Crippen LogP contribution in [0.1, 0.15) is 30.0 Å². The lowest BCUT2D eigenvalue weighted by molar-refractivity contribution is -0.137. The van der Waals surface area contributed by atoms with Crippen LogP contribution in [0.3, 0.4) is 0 Å². The molecule has 4 rings (SSSR count). The first-order valence-corrected chi connectivity index (χ1v) is 8.03. The molecule has 2 aliphatic heterocycles. The van der Waals surface area contributed by atoms with Gasteiger partial charge in [0.2, 0.25) is 0 Å². The highest BCUT2D eigenvalue weighted by atomic mass is 19.4. The van der Waals surface area contributed by atoms with E-state index in [9.17, 15) is 22.8 Å². The maximum Gasteiger partial charge on any atom is 0.416 e. The van der Waals surface area contributed by atoms with Crippen LogP contribution in [0.25, 0.3) is 0 Å². The highest BCUT2D eigenvalue weighted by Gasteiger charge is 2.47. The monoisotopic (exact) mass is 351 g/mol. The SMILES string of the molecule is CN1C(=O)N[C@H](c2ccc(C(F)(F)F)cc2)C2=C1CN(C1CC1)C2=O. The number of alkyl halides is 3. The summed E-state index contributed by atoms with van der Waals surface area (Å²) in [5.74, 6) is -0.144. The van der Waals surface area contributed by atoms with Gasteiger partial charge in [-0.15, -0.1) is 0 Å². The molecule has 1 N–H and O–H groups in total. The molecule has 0 saturated heterocycles. The van der Waals surface area contributed by atoms with Gasteiger partial charge in [0.15, 0.2) is 0 Å². The van der Waals surface area contributed by atoms with Crippen LogP contribution in [0.2, 0.25) is 0 Å². The van der Waals surface area contributed by atoms with Crippen molar-refractivity contribution in [3.05, 3.63) is 46.7 Å². The molecule has 1 aliphatic carbocycles. The summed E-state index contributed by atoms with van der Waals surface area (Å²) in [5, 5.41) is 2.72. The second-order valence-corrected chi connectivity index (χ2v) is 6.59. The van der Waals surface area contributed by atoms with Crippen molar-refractivity contribution < 1.29 is 22.8 Å². The average Bonchev–Trinajstić information content (AvgIpc) is 3.34. The zero-order chi connectivity index (χ0) is 17.9. The quantitative estimate of drug-likeness (QED) is 0.891. The first kappa shape index (κ1) is 16.0. The number of halogens is 3. The number of amides is 3. The number of hydrogen-bond acceptors (Lipinski definition) is 2. The number of urea groups is 1. The van der Waals surface area contributed by atoms with Crippen LogP contribution in [0.15, 0.2) is 35.5 Å². The van der Waals surface area contributed by atoms with Gasteiger partial charge in [0.1, 0.15) is 0 Å². The summed E-state index contributed by atoms with van der Waals surface area (Å²) in [5.41, 5.74) is 0.786. The van der Waals surface area contributed by atoms with E-state index >= 15 is 0 Å². The number of nitrogens with zero attached hydrogens (tertiary/aromatic N) is 2. The molecule has 0 radical (unpaired) electrons. The molecular formula is C17H16F3N3O2. The summed E-state index contributed by atoms with van der Waals surface area (Å²) in [6, 6.07) is 3.69. The van der Waals surface area contributed by atoms with Gasteiger partial charge in [-0.05, 0) is 30.5 Å². The van der Waals surface area contributed by atoms with Crippen molar-refractivity contribution in [2.75, 3.05) is 13.6 Å². The van der Waals surface area contributed by atoms with Crippen molar-refractivity contribution >= 4 is 11.9 Å². The summed E-state index contributed by atoms with van der Waals surface area (Å²) in [4.78, 5) is 28.2. The van der Waals surface area contributed by atoms with E-state index in [2.05, 4.69) is 5.32 Å². The van der Waals surface area contributed by atoms with E-state index in [-0.39, 0.29) is 18.0 Å². The molecule has 0 aromatic heterocycles. The molecule has 132 valence electrons. The predicted octanol–water partition coefficient (Wildman–Crippen LogP) is 2.66. The van der Waals surface area contributed by atoms with Crippen molar-refractivity contribution in [3.63, 3.8) is 0 Å². The van der Waals surface area contributed by atoms with Gasteiger partial charge in [0.25, 0.3) is 5.91 Å². The van der Waals surface area contributed by atoms with Gasteiger partial charge < -0.3 is 10.2 Å². The van der Waals surface area contributed by atoms with E-state index in [0.29, 0.717) is 23.4 Å². The number of hydrogen-bond donors (Lipinski definition) is 1. The third kappa shape index (κ3) is 2.56. The first-order chi connectivity index (χ1) is 11.8. The molecule has 1 aromatic rings. The van der Waals surface area contributed by atoms with Gasteiger partial charge in [0, 0.05) is 13.1 Å². The first-order valence-electron chi connectivity index (χ1n) is 8.03. The smallest absolute Gasteiger partial charge is 0.330 e. The Kier molecular flexibility index (Phi) is 3.35. The Labute approximate surface area is 142 Å². The third-order valence-corrected chi connectivity index (χ3v) is 4.95. The van der Waals surface area contributed by atoms with Crippen molar-refractivity contribution in [2.24, 2.45) is 0 Å². The standard InChI is InChI=1S/C17H16F3N3O2/c1-22-12-8-23(11-6-7-11)15(24)13(12)14(21-16(22)25)9-2-4-10(5-3-9)17(18,19)20/h2-5,11,14H,6-8H2,1H3,(H,21,25)/t14-/m1/s1. The molecular weight excluding hydrogens is 335 g/mol. The number of nitrogens with one attached hydrogen (secondary N) is 1. The molecule has 0 bridgehead atoms. The maximum absolute atomic E-state index is 12.8. The minimum absolute atomic E-state index is 0.144. The second-order valence-electron chi connectivity index (χ2n) is 6.59. The highest BCUT2D eigenvalue weighted by Crippen LogP contribution is 2.40. The van der Waals surface area contributed by atoms with Gasteiger partial charge >= 0.3 is 12.2 Å². The minimum atomic E-state index is -4.43. The molecule has 1 fully saturated rings. The van der Waals surface area contributed by atoms with Crippen LogP contribution >= 0.6 is 0 Å². The van der Waals surface area contributed by atoms with Crippen LogP contribution in [0.4, 0.5) is 18.0 Å². The van der Waals surface area contributed by atoms with Crippen LogP contribution in [0.5, 0.6) is 0 Å². The molecule has 5 nitrogen and oxygen atoms in total. The number of benzene rings is 1. The maximum atomic E-state index is 12.8. The molecule has 2 heterocycles. The van der Waals surface area contributed by atoms with Gasteiger partial charge in [0.05, 0.1) is 29.4 Å². The van der Waals surface area contributed by atoms with E-state index in [0.717, 1.165) is 25.0 Å². The number of carbonyl (C=O) groups excluding carboxylic acids is 2. The summed E-state index contributed by atoms with van der Waals surface area (Å²) >= 11 is 0. The fourth-order valence-electron chi connectivity index (χ4n) is 3.38. The molecule has 25 heavy (non-hydrogen) atoms. The van der Waals surface area contributed by atoms with Gasteiger partial charge in [-0.3, -0.25) is 9.69 Å². The Morgan fingerprint density at radius 1 is 1.12 bits per heavy atom. The fraction of sp³-hybridized carbons (Fsp3) is 0.412. The van der Waals surface area contributed by atoms with E-state index in [1.807, 2.05) is 0 Å². The Morgan fingerprint density at radius 2 is 1.76 bits per heavy atom. The second kappa shape index (κ2) is 5.24. The van der Waals surface area contributed by atoms with Crippen molar-refractivity contribution in [1.82, 2.24) is 15.1 Å². The molecule has 3 amide bonds. The zero-order valence-corrected chi connectivity index (χ0v) is 13.4. The lowest BCUT2D eigenvalue weighted by Gasteiger charge is -2.31. The lowest BCUT2D eigenvalue weighted by Crippen LogP contribution is -2.45. The molecule has 8 heteroatoms. The topological polar surface area (TPSA) is 52.7 Å². The largest absolute Gasteiger partial charge is 0.416 e. The number of carbonyl (C=O) groups is 2. The summed E-state index contributed by atoms with van der Waals surface area (Å²) in [7, 11) is 1.59. The Hall–Kier alpha value is -2.51. The molecule has 1 atom stereocenters. The van der Waals surface area contributed by atoms with Gasteiger partial charge in [-0.2, -0.15) is 13.2 Å². The Balaban J connectivity index is 1.71. The van der Waals surface area contributed by atoms with Gasteiger partial charge in [-0.1, -0.05) is 12.1 Å². The number of rotatable bonds is 2. The van der Waals surface area contributed by atoms with Crippen LogP contribution in [-0.2, 0) is 11.0 Å². The van der Waals surface area contributed by atoms with Crippen LogP contribution in [-0.4, -0.2) is 41.4 Å². The summed E-state index contributed by atoms with van der Waals surface area (Å²) in [6.07, 6.45) is -2.53. The van der Waals surface area contributed by atoms with Crippen LogP contribution in [0, 0.1) is 0 Å². The molecule has 1 aromatic carbocycles. The van der Waals surface area contributed by atoms with Gasteiger partial charge in [-0.25, -0.2) is 4.79 Å². The van der Waals surface area contributed by atoms with E-state index in [1.54, 1.807) is 11.9 Å². The third-order valence-electron chi connectivity index (χ3n) is 4.95. The molecule has 3 aliphatic rings. The fourth-order valence-corrected chi connectivity index (χ4v) is 3.38. The van der Waals surface area contributed by atoms with E-state index < -0.39 is 17.8 Å². The number of likely N-dealkylation sites (N-methyl/N-ethyl adjacent to an activating group) is 1. The highest BCUT2D eigenvalue weighted by molar-refractivity contribution is 6.01. The zero-order valence-electron chi connectivity index (χ0n) is 13.4. The average molecular weight is 351 g/mol. The summed E-state index contributed by atoms with van der Waals surface area (Å²) < 4.78 is 38.3. The predicted molar refractivity (Wildman–Crippen MR) is 82.2 cm³/mol. The van der Waals surface area contributed by atoms with Crippen LogP contribution < -0.4 is 5.32 Å².